The number of hydrogen-bond donors (Lipinski definition) is 12. The minimum atomic E-state index is -1.98. The second-order valence-corrected chi connectivity index (χ2v) is 20.8. The van der Waals surface area contributed by atoms with E-state index in [0.717, 1.165) is 44.9 Å². The first-order valence-corrected chi connectivity index (χ1v) is 28.6. The van der Waals surface area contributed by atoms with Gasteiger partial charge in [0.1, 0.15) is 73.2 Å². The third kappa shape index (κ3) is 24.1. The Morgan fingerprint density at radius 1 is 0.473 bits per heavy atom. The fraction of sp³-hybridized carbons (Fsp3) is 0.909. The molecular formula is C55H101NO18. The Labute approximate surface area is 441 Å². The third-order valence-corrected chi connectivity index (χ3v) is 14.5. The molecule has 0 saturated carbocycles. The summed E-state index contributed by atoms with van der Waals surface area (Å²) in [4.78, 5) is 13.3. The summed E-state index contributed by atoms with van der Waals surface area (Å²) in [6.45, 7) is 1.64. The number of aliphatic hydroxyl groups is 11. The van der Waals surface area contributed by atoms with Crippen molar-refractivity contribution in [1.29, 1.82) is 0 Å². The average molecular weight is 1060 g/mol. The predicted molar refractivity (Wildman–Crippen MR) is 277 cm³/mol. The van der Waals surface area contributed by atoms with Crippen molar-refractivity contribution in [2.75, 3.05) is 26.4 Å². The Morgan fingerprint density at radius 3 is 1.35 bits per heavy atom. The molecule has 0 bridgehead atoms. The van der Waals surface area contributed by atoms with E-state index in [1.165, 1.54) is 109 Å². The van der Waals surface area contributed by atoms with Crippen molar-refractivity contribution < 1.29 is 89.4 Å². The number of amides is 1. The van der Waals surface area contributed by atoms with Crippen molar-refractivity contribution in [3.8, 4) is 0 Å². The highest BCUT2D eigenvalue weighted by Gasteiger charge is 2.53. The first-order chi connectivity index (χ1) is 35.8. The van der Waals surface area contributed by atoms with Crippen molar-refractivity contribution in [3.05, 3.63) is 24.3 Å². The van der Waals surface area contributed by atoms with Gasteiger partial charge in [-0.2, -0.15) is 0 Å². The minimum Gasteiger partial charge on any atom is -0.394 e. The zero-order valence-corrected chi connectivity index (χ0v) is 44.8. The highest BCUT2D eigenvalue weighted by molar-refractivity contribution is 5.76. The second kappa shape index (κ2) is 39.6. The van der Waals surface area contributed by atoms with Crippen molar-refractivity contribution in [3.63, 3.8) is 0 Å². The standard InChI is InChI=1S/C55H101NO18/c1-3-5-7-9-11-13-14-15-16-17-18-19-20-21-22-23-25-27-29-31-33-43(61)56-38(39(60)32-30-28-26-24-12-10-8-6-4-2)37-69-53-49(67)46(64)51(41(35-58)71-53)74-55-50(68)47(65)52(42(36-59)72-55)73-54-48(66)45(63)44(62)40(34-57)70-54/h12,24,30,32,38-42,44-55,57-60,62-68H,3-11,13-23,25-29,31,33-37H2,1-2H3,(H,56,61)/b24-12+,32-30+. The molecule has 19 nitrogen and oxygen atoms in total. The van der Waals surface area contributed by atoms with E-state index in [1.807, 2.05) is 6.08 Å². The fourth-order valence-corrected chi connectivity index (χ4v) is 9.74. The largest absolute Gasteiger partial charge is 0.394 e. The molecule has 1 amide bonds. The van der Waals surface area contributed by atoms with E-state index < -0.39 is 124 Å². The van der Waals surface area contributed by atoms with E-state index in [2.05, 4.69) is 31.3 Å². The summed E-state index contributed by atoms with van der Waals surface area (Å²) in [5, 5.41) is 120. The number of ether oxygens (including phenoxy) is 6. The minimum absolute atomic E-state index is 0.239. The third-order valence-electron chi connectivity index (χ3n) is 14.5. The molecule has 12 N–H and O–H groups in total. The maximum atomic E-state index is 13.3. The van der Waals surface area contributed by atoms with Gasteiger partial charge in [0.2, 0.25) is 5.91 Å². The topological polar surface area (TPSA) is 307 Å². The van der Waals surface area contributed by atoms with Gasteiger partial charge in [-0.15, -0.1) is 0 Å². The van der Waals surface area contributed by atoms with Gasteiger partial charge >= 0.3 is 0 Å². The van der Waals surface area contributed by atoms with Gasteiger partial charge in [0, 0.05) is 6.42 Å². The van der Waals surface area contributed by atoms with E-state index >= 15 is 0 Å². The molecule has 17 unspecified atom stereocenters. The quantitative estimate of drug-likeness (QED) is 0.0304. The number of allylic oxidation sites excluding steroid dienone is 3. The van der Waals surface area contributed by atoms with Crippen LogP contribution in [-0.2, 0) is 33.2 Å². The monoisotopic (exact) mass is 1060 g/mol. The predicted octanol–water partition coefficient (Wildman–Crippen LogP) is 3.98. The summed E-state index contributed by atoms with van der Waals surface area (Å²) >= 11 is 0. The van der Waals surface area contributed by atoms with Crippen LogP contribution in [0.15, 0.2) is 24.3 Å². The SMILES string of the molecule is CCCCC/C=C/CC/C=C/C(O)C(COC1OC(CO)C(OC2OC(CO)C(OC3OC(CO)C(O)C(O)C3O)C(O)C2O)C(O)C1O)NC(=O)CCCCCCCCCCCCCCCCCCCCCC. The molecule has 3 heterocycles. The maximum Gasteiger partial charge on any atom is 0.220 e. The molecule has 17 atom stereocenters. The molecule has 0 radical (unpaired) electrons. The zero-order chi connectivity index (χ0) is 54.1. The molecule has 0 aromatic carbocycles. The van der Waals surface area contributed by atoms with Crippen LogP contribution < -0.4 is 5.32 Å². The number of unbranched alkanes of at least 4 members (excludes halogenated alkanes) is 23. The van der Waals surface area contributed by atoms with Crippen LogP contribution >= 0.6 is 0 Å². The summed E-state index contributed by atoms with van der Waals surface area (Å²) in [5.41, 5.74) is 0. The molecule has 0 aromatic rings. The zero-order valence-electron chi connectivity index (χ0n) is 44.8. The van der Waals surface area contributed by atoms with Gasteiger partial charge < -0.3 is 89.9 Å². The number of carbonyl (C=O) groups is 1. The van der Waals surface area contributed by atoms with E-state index in [4.69, 9.17) is 28.4 Å². The lowest BCUT2D eigenvalue weighted by atomic mass is 9.96. The molecule has 0 spiro atoms. The molecule has 3 rings (SSSR count). The van der Waals surface area contributed by atoms with E-state index in [0.29, 0.717) is 12.8 Å². The molecule has 0 aliphatic carbocycles. The van der Waals surface area contributed by atoms with Gasteiger partial charge in [0.15, 0.2) is 18.9 Å². The molecule has 74 heavy (non-hydrogen) atoms. The van der Waals surface area contributed by atoms with Gasteiger partial charge in [0.05, 0.1) is 38.6 Å². The van der Waals surface area contributed by atoms with Gasteiger partial charge in [-0.1, -0.05) is 173 Å². The van der Waals surface area contributed by atoms with Crippen LogP contribution in [-0.4, -0.2) is 193 Å². The highest BCUT2D eigenvalue weighted by atomic mass is 16.8. The maximum absolute atomic E-state index is 13.3. The molecule has 19 heteroatoms. The Hall–Kier alpha value is -1.73. The lowest BCUT2D eigenvalue weighted by Gasteiger charge is -2.48. The summed E-state index contributed by atoms with van der Waals surface area (Å²) in [5.74, 6) is -0.287. The molecule has 3 fully saturated rings. The Kier molecular flexibility index (Phi) is 35.6. The van der Waals surface area contributed by atoms with Gasteiger partial charge in [-0.25, -0.2) is 0 Å². The van der Waals surface area contributed by atoms with Crippen molar-refractivity contribution >= 4 is 5.91 Å². The van der Waals surface area contributed by atoms with Crippen molar-refractivity contribution in [2.24, 2.45) is 0 Å². The lowest BCUT2D eigenvalue weighted by Crippen LogP contribution is -2.66. The Balaban J connectivity index is 1.48. The van der Waals surface area contributed by atoms with Crippen LogP contribution in [0, 0.1) is 0 Å². The van der Waals surface area contributed by atoms with E-state index in [-0.39, 0.29) is 18.9 Å². The lowest BCUT2D eigenvalue weighted by molar-refractivity contribution is -0.379. The molecule has 434 valence electrons. The first-order valence-electron chi connectivity index (χ1n) is 28.6. The molecule has 3 aliphatic rings. The van der Waals surface area contributed by atoms with Crippen LogP contribution in [0.1, 0.15) is 187 Å². The Bertz CT molecular complexity index is 1460. The van der Waals surface area contributed by atoms with Crippen LogP contribution in [0.2, 0.25) is 0 Å². The first kappa shape index (κ1) is 66.5. The van der Waals surface area contributed by atoms with Crippen LogP contribution in [0.4, 0.5) is 0 Å². The van der Waals surface area contributed by atoms with Crippen LogP contribution in [0.3, 0.4) is 0 Å². The molecule has 3 aliphatic heterocycles. The summed E-state index contributed by atoms with van der Waals surface area (Å²) in [6, 6.07) is -0.983. The van der Waals surface area contributed by atoms with E-state index in [9.17, 15) is 61.0 Å². The Morgan fingerprint density at radius 2 is 0.865 bits per heavy atom. The summed E-state index contributed by atoms with van der Waals surface area (Å²) < 4.78 is 34.1. The van der Waals surface area contributed by atoms with Crippen LogP contribution in [0.25, 0.3) is 0 Å². The normalized spacial score (nSPS) is 31.6. The van der Waals surface area contributed by atoms with Gasteiger partial charge in [-0.3, -0.25) is 4.79 Å². The molecule has 3 saturated heterocycles. The number of aliphatic hydroxyl groups excluding tert-OH is 11. The highest BCUT2D eigenvalue weighted by Crippen LogP contribution is 2.33. The number of hydrogen-bond acceptors (Lipinski definition) is 18. The number of carbonyl (C=O) groups excluding carboxylic acids is 1. The van der Waals surface area contributed by atoms with Crippen molar-refractivity contribution in [1.82, 2.24) is 5.32 Å². The summed E-state index contributed by atoms with van der Waals surface area (Å²) in [6.07, 6.45) is 12.0. The smallest absolute Gasteiger partial charge is 0.220 e. The van der Waals surface area contributed by atoms with Crippen LogP contribution in [0.5, 0.6) is 0 Å². The second-order valence-electron chi connectivity index (χ2n) is 20.8. The number of nitrogens with one attached hydrogen (secondary N) is 1. The van der Waals surface area contributed by atoms with Crippen molar-refractivity contribution in [2.45, 2.75) is 291 Å². The number of rotatable bonds is 41. The summed E-state index contributed by atoms with van der Waals surface area (Å²) in [7, 11) is 0. The van der Waals surface area contributed by atoms with Gasteiger partial charge in [0.25, 0.3) is 0 Å². The average Bonchev–Trinajstić information content (AvgIpc) is 3.40. The van der Waals surface area contributed by atoms with E-state index in [1.54, 1.807) is 6.08 Å². The fourth-order valence-electron chi connectivity index (χ4n) is 9.74. The van der Waals surface area contributed by atoms with Gasteiger partial charge in [-0.05, 0) is 32.1 Å². The molecule has 0 aromatic heterocycles. The molecular weight excluding hydrogens is 963 g/mol.